The highest BCUT2D eigenvalue weighted by Gasteiger charge is 2.07. The molecule has 2 aromatic carbocycles. The maximum atomic E-state index is 11.8. The maximum absolute atomic E-state index is 11.8. The van der Waals surface area contributed by atoms with Crippen LogP contribution in [0, 0.1) is 6.92 Å². The molecule has 23 heavy (non-hydrogen) atoms. The summed E-state index contributed by atoms with van der Waals surface area (Å²) in [5.41, 5.74) is 5.14. The van der Waals surface area contributed by atoms with E-state index in [1.165, 1.54) is 6.21 Å². The van der Waals surface area contributed by atoms with Gasteiger partial charge in [0.25, 0.3) is 5.91 Å². The van der Waals surface area contributed by atoms with Gasteiger partial charge in [-0.2, -0.15) is 5.10 Å². The zero-order chi connectivity index (χ0) is 16.8. The van der Waals surface area contributed by atoms with Crippen LogP contribution in [0.3, 0.4) is 0 Å². The van der Waals surface area contributed by atoms with Crippen molar-refractivity contribution in [3.8, 4) is 5.75 Å². The first-order valence-electron chi connectivity index (χ1n) is 6.76. The first-order valence-corrected chi connectivity index (χ1v) is 8.35. The molecule has 0 aliphatic heterocycles. The summed E-state index contributed by atoms with van der Waals surface area (Å²) in [4.78, 5) is 11.8. The van der Waals surface area contributed by atoms with E-state index in [4.69, 9.17) is 0 Å². The number of carbonyl (C=O) groups is 1. The lowest BCUT2D eigenvalue weighted by Gasteiger charge is -2.11. The third kappa shape index (κ3) is 5.37. The standard InChI is InChI=1S/C16H15Br2N3O2/c1-10-6-13(17)16(14(18)7-10)19-9-15(23)21-20-8-11-2-4-12(22)5-3-11/h2-8,19,22H,9H2,1H3,(H,21,23)/b20-8-. The van der Waals surface area contributed by atoms with Crippen molar-refractivity contribution in [1.29, 1.82) is 0 Å². The second kappa shape index (κ2) is 8.12. The molecule has 1 amide bonds. The van der Waals surface area contributed by atoms with Crippen LogP contribution in [0.15, 0.2) is 50.4 Å². The Balaban J connectivity index is 1.87. The van der Waals surface area contributed by atoms with E-state index in [0.29, 0.717) is 0 Å². The number of nitrogens with one attached hydrogen (secondary N) is 2. The number of hydrogen-bond acceptors (Lipinski definition) is 4. The number of hydrazone groups is 1. The Hall–Kier alpha value is -1.86. The molecule has 0 unspecified atom stereocenters. The number of aryl methyl sites for hydroxylation is 1. The number of rotatable bonds is 5. The second-order valence-corrected chi connectivity index (χ2v) is 6.55. The van der Waals surface area contributed by atoms with Crippen molar-refractivity contribution in [1.82, 2.24) is 5.43 Å². The van der Waals surface area contributed by atoms with E-state index in [-0.39, 0.29) is 18.2 Å². The van der Waals surface area contributed by atoms with Crippen LogP contribution < -0.4 is 10.7 Å². The molecule has 0 fully saturated rings. The zero-order valence-corrected chi connectivity index (χ0v) is 15.5. The number of nitrogens with zero attached hydrogens (tertiary/aromatic N) is 1. The van der Waals surface area contributed by atoms with Gasteiger partial charge in [0.05, 0.1) is 18.4 Å². The average molecular weight is 441 g/mol. The lowest BCUT2D eigenvalue weighted by atomic mass is 10.2. The third-order valence-corrected chi connectivity index (χ3v) is 4.16. The van der Waals surface area contributed by atoms with E-state index >= 15 is 0 Å². The molecule has 0 atom stereocenters. The van der Waals surface area contributed by atoms with Crippen LogP contribution in [0.25, 0.3) is 0 Å². The molecule has 0 aromatic heterocycles. The Kier molecular flexibility index (Phi) is 6.18. The van der Waals surface area contributed by atoms with Gasteiger partial charge in [0, 0.05) is 8.95 Å². The topological polar surface area (TPSA) is 73.7 Å². The van der Waals surface area contributed by atoms with Gasteiger partial charge in [-0.1, -0.05) is 0 Å². The van der Waals surface area contributed by atoms with Gasteiger partial charge in [0.2, 0.25) is 0 Å². The summed E-state index contributed by atoms with van der Waals surface area (Å²) in [5.74, 6) is -0.0796. The first kappa shape index (κ1) is 17.5. The summed E-state index contributed by atoms with van der Waals surface area (Å²) in [6.07, 6.45) is 1.51. The summed E-state index contributed by atoms with van der Waals surface area (Å²) < 4.78 is 1.76. The predicted octanol–water partition coefficient (Wildman–Crippen LogP) is 3.79. The molecule has 0 radical (unpaired) electrons. The number of benzene rings is 2. The SMILES string of the molecule is Cc1cc(Br)c(NCC(=O)N/N=C\c2ccc(O)cc2)c(Br)c1. The van der Waals surface area contributed by atoms with Crippen molar-refractivity contribution in [2.24, 2.45) is 5.10 Å². The Labute approximate surface area is 151 Å². The minimum Gasteiger partial charge on any atom is -0.508 e. The van der Waals surface area contributed by atoms with Crippen LogP contribution >= 0.6 is 31.9 Å². The van der Waals surface area contributed by atoms with Gasteiger partial charge in [-0.15, -0.1) is 0 Å². The fourth-order valence-corrected chi connectivity index (χ4v) is 3.51. The summed E-state index contributed by atoms with van der Waals surface area (Å²) in [6.45, 7) is 2.08. The van der Waals surface area contributed by atoms with E-state index in [2.05, 4.69) is 47.7 Å². The molecule has 5 nitrogen and oxygen atoms in total. The largest absolute Gasteiger partial charge is 0.508 e. The van der Waals surface area contributed by atoms with E-state index < -0.39 is 0 Å². The van der Waals surface area contributed by atoms with Crippen LogP contribution in [0.4, 0.5) is 5.69 Å². The summed E-state index contributed by atoms with van der Waals surface area (Å²) >= 11 is 6.93. The van der Waals surface area contributed by atoms with Crippen LogP contribution in [0.5, 0.6) is 5.75 Å². The van der Waals surface area contributed by atoms with Crippen molar-refractivity contribution in [2.75, 3.05) is 11.9 Å². The fraction of sp³-hybridized carbons (Fsp3) is 0.125. The molecule has 0 aliphatic carbocycles. The summed E-state index contributed by atoms with van der Waals surface area (Å²) in [6, 6.07) is 10.4. The highest BCUT2D eigenvalue weighted by atomic mass is 79.9. The molecular formula is C16H15Br2N3O2. The van der Waals surface area contributed by atoms with Gasteiger partial charge in [0.1, 0.15) is 5.75 Å². The second-order valence-electron chi connectivity index (χ2n) is 4.84. The van der Waals surface area contributed by atoms with Gasteiger partial charge >= 0.3 is 0 Å². The van der Waals surface area contributed by atoms with Crippen molar-refractivity contribution >= 4 is 49.7 Å². The summed E-state index contributed by atoms with van der Waals surface area (Å²) in [7, 11) is 0. The number of hydrogen-bond donors (Lipinski definition) is 3. The summed E-state index contributed by atoms with van der Waals surface area (Å²) in [5, 5.41) is 16.1. The monoisotopic (exact) mass is 439 g/mol. The number of phenols is 1. The number of aromatic hydroxyl groups is 1. The van der Waals surface area contributed by atoms with Crippen molar-refractivity contribution in [3.05, 3.63) is 56.5 Å². The molecule has 0 heterocycles. The zero-order valence-electron chi connectivity index (χ0n) is 12.3. The van der Waals surface area contributed by atoms with Gasteiger partial charge in [-0.25, -0.2) is 5.43 Å². The first-order chi connectivity index (χ1) is 11.0. The minimum atomic E-state index is -0.264. The van der Waals surface area contributed by atoms with Gasteiger partial charge in [-0.05, 0) is 86.3 Å². The highest BCUT2D eigenvalue weighted by molar-refractivity contribution is 9.11. The van der Waals surface area contributed by atoms with Crippen LogP contribution in [-0.4, -0.2) is 23.8 Å². The van der Waals surface area contributed by atoms with E-state index in [1.807, 2.05) is 19.1 Å². The Morgan fingerprint density at radius 3 is 2.43 bits per heavy atom. The van der Waals surface area contributed by atoms with Gasteiger partial charge < -0.3 is 10.4 Å². The third-order valence-electron chi connectivity index (χ3n) is 2.91. The van der Waals surface area contributed by atoms with Gasteiger partial charge in [0.15, 0.2) is 0 Å². The molecule has 0 aliphatic rings. The highest BCUT2D eigenvalue weighted by Crippen LogP contribution is 2.32. The number of halogens is 2. The molecule has 0 saturated heterocycles. The molecule has 120 valence electrons. The lowest BCUT2D eigenvalue weighted by Crippen LogP contribution is -2.26. The van der Waals surface area contributed by atoms with E-state index in [0.717, 1.165) is 25.8 Å². The predicted molar refractivity (Wildman–Crippen MR) is 98.9 cm³/mol. The van der Waals surface area contributed by atoms with Crippen LogP contribution in [-0.2, 0) is 4.79 Å². The van der Waals surface area contributed by atoms with Crippen LogP contribution in [0.1, 0.15) is 11.1 Å². The Morgan fingerprint density at radius 1 is 1.22 bits per heavy atom. The molecule has 3 N–H and O–H groups in total. The Morgan fingerprint density at radius 2 is 1.83 bits per heavy atom. The molecule has 0 bridgehead atoms. The molecule has 2 rings (SSSR count). The maximum Gasteiger partial charge on any atom is 0.259 e. The smallest absolute Gasteiger partial charge is 0.259 e. The molecule has 2 aromatic rings. The molecule has 7 heteroatoms. The van der Waals surface area contributed by atoms with Crippen molar-refractivity contribution in [2.45, 2.75) is 6.92 Å². The molecule has 0 spiro atoms. The average Bonchev–Trinajstić information content (AvgIpc) is 2.48. The van der Waals surface area contributed by atoms with Crippen molar-refractivity contribution < 1.29 is 9.90 Å². The molecule has 0 saturated carbocycles. The number of phenolic OH excluding ortho intramolecular Hbond substituents is 1. The fourth-order valence-electron chi connectivity index (χ4n) is 1.82. The number of amides is 1. The Bertz CT molecular complexity index is 708. The van der Waals surface area contributed by atoms with Crippen LogP contribution in [0.2, 0.25) is 0 Å². The lowest BCUT2D eigenvalue weighted by molar-refractivity contribution is -0.119. The van der Waals surface area contributed by atoms with E-state index in [9.17, 15) is 9.90 Å². The number of carbonyl (C=O) groups excluding carboxylic acids is 1. The molecular weight excluding hydrogens is 426 g/mol. The quantitative estimate of drug-likeness (QED) is 0.489. The number of anilines is 1. The van der Waals surface area contributed by atoms with Crippen molar-refractivity contribution in [3.63, 3.8) is 0 Å². The van der Waals surface area contributed by atoms with E-state index in [1.54, 1.807) is 24.3 Å². The van der Waals surface area contributed by atoms with Gasteiger partial charge in [-0.3, -0.25) is 4.79 Å². The normalized spacial score (nSPS) is 10.7. The minimum absolute atomic E-state index is 0.0905.